The van der Waals surface area contributed by atoms with Crippen molar-refractivity contribution >= 4 is 54.9 Å². The van der Waals surface area contributed by atoms with Crippen molar-refractivity contribution in [1.29, 1.82) is 0 Å². The molecule has 0 spiro atoms. The normalized spacial score (nSPS) is 11.5. The molecule has 3 aromatic rings. The molecule has 0 radical (unpaired) electrons. The minimum Gasteiger partial charge on any atom is -0.495 e. The third kappa shape index (κ3) is 7.29. The summed E-state index contributed by atoms with van der Waals surface area (Å²) in [6.07, 6.45) is 4.15. The smallest absolute Gasteiger partial charge is 0.264 e. The van der Waals surface area contributed by atoms with Crippen molar-refractivity contribution in [2.75, 3.05) is 34.3 Å². The molecule has 0 unspecified atom stereocenters. The Morgan fingerprint density at radius 2 is 1.72 bits per heavy atom. The lowest BCUT2D eigenvalue weighted by Crippen LogP contribution is -2.31. The summed E-state index contributed by atoms with van der Waals surface area (Å²) in [7, 11) is -6.06. The third-order valence-corrected chi connectivity index (χ3v) is 7.66. The predicted octanol–water partition coefficient (Wildman–Crippen LogP) is 3.12. The van der Waals surface area contributed by atoms with Crippen LogP contribution < -0.4 is 19.1 Å². The van der Waals surface area contributed by atoms with Gasteiger partial charge in [-0.2, -0.15) is 0 Å². The van der Waals surface area contributed by atoms with E-state index < -0.39 is 20.0 Å². The molecule has 192 valence electrons. The predicted molar refractivity (Wildman–Crippen MR) is 137 cm³/mol. The van der Waals surface area contributed by atoms with Crippen molar-refractivity contribution in [2.45, 2.75) is 17.7 Å². The second-order valence-corrected chi connectivity index (χ2v) is 11.5. The summed E-state index contributed by atoms with van der Waals surface area (Å²) >= 11 is 6.12. The summed E-state index contributed by atoms with van der Waals surface area (Å²) < 4.78 is 58.0. The van der Waals surface area contributed by atoms with Crippen LogP contribution >= 0.6 is 11.6 Å². The Kier molecular flexibility index (Phi) is 8.71. The Labute approximate surface area is 214 Å². The summed E-state index contributed by atoms with van der Waals surface area (Å²) in [4.78, 5) is 20.0. The van der Waals surface area contributed by atoms with Gasteiger partial charge in [0.2, 0.25) is 21.9 Å². The molecule has 0 aliphatic rings. The lowest BCUT2D eigenvalue weighted by atomic mass is 10.2. The molecule has 36 heavy (non-hydrogen) atoms. The molecule has 0 bridgehead atoms. The molecule has 14 heteroatoms. The van der Waals surface area contributed by atoms with Crippen molar-refractivity contribution in [3.05, 3.63) is 65.9 Å². The van der Waals surface area contributed by atoms with E-state index in [0.29, 0.717) is 17.1 Å². The van der Waals surface area contributed by atoms with Crippen LogP contribution in [0.5, 0.6) is 5.75 Å². The van der Waals surface area contributed by atoms with Crippen LogP contribution in [0.25, 0.3) is 0 Å². The van der Waals surface area contributed by atoms with Gasteiger partial charge in [-0.3, -0.25) is 9.10 Å². The van der Waals surface area contributed by atoms with Crippen molar-refractivity contribution in [3.8, 4) is 5.75 Å². The molecule has 0 aliphatic heterocycles. The second kappa shape index (κ2) is 11.5. The molecule has 1 aromatic heterocycles. The van der Waals surface area contributed by atoms with E-state index in [2.05, 4.69) is 20.0 Å². The van der Waals surface area contributed by atoms with Crippen molar-refractivity contribution < 1.29 is 26.4 Å². The largest absolute Gasteiger partial charge is 0.495 e. The number of hydrogen-bond acceptors (Lipinski definition) is 8. The fraction of sp³-hybridized carbons (Fsp3) is 0.227. The van der Waals surface area contributed by atoms with Crippen molar-refractivity contribution in [3.63, 3.8) is 0 Å². The molecule has 0 fully saturated rings. The first-order valence-corrected chi connectivity index (χ1v) is 14.2. The molecule has 1 amide bonds. The molecule has 2 N–H and O–H groups in total. The number of carbonyl (C=O) groups excluding carboxylic acids is 1. The fourth-order valence-corrected chi connectivity index (χ4v) is 5.32. The summed E-state index contributed by atoms with van der Waals surface area (Å²) in [6.45, 7) is 0.0549. The minimum atomic E-state index is -3.90. The number of sulfonamides is 2. The summed E-state index contributed by atoms with van der Waals surface area (Å²) in [6, 6.07) is 11.7. The first-order chi connectivity index (χ1) is 17.0. The lowest BCUT2D eigenvalue weighted by molar-refractivity contribution is -0.116. The summed E-state index contributed by atoms with van der Waals surface area (Å²) in [5.74, 6) is -0.00574. The van der Waals surface area contributed by atoms with E-state index in [9.17, 15) is 21.6 Å². The maximum Gasteiger partial charge on any atom is 0.264 e. The van der Waals surface area contributed by atoms with Crippen LogP contribution in [0, 0.1) is 0 Å². The number of ether oxygens (including phenoxy) is 1. The second-order valence-electron chi connectivity index (χ2n) is 7.51. The average molecular weight is 554 g/mol. The number of nitrogens with one attached hydrogen (secondary N) is 2. The van der Waals surface area contributed by atoms with Gasteiger partial charge in [-0.25, -0.2) is 31.5 Å². The van der Waals surface area contributed by atoms with Crippen LogP contribution in [0.1, 0.15) is 12.8 Å². The first-order valence-electron chi connectivity index (χ1n) is 10.5. The summed E-state index contributed by atoms with van der Waals surface area (Å²) in [5.41, 5.74) is 0.742. The first kappa shape index (κ1) is 27.2. The Morgan fingerprint density at radius 3 is 2.31 bits per heavy atom. The highest BCUT2D eigenvalue weighted by Crippen LogP contribution is 2.30. The Morgan fingerprint density at radius 1 is 1.06 bits per heavy atom. The van der Waals surface area contributed by atoms with E-state index in [1.165, 1.54) is 49.8 Å². The molecule has 3 rings (SSSR count). The van der Waals surface area contributed by atoms with Crippen LogP contribution in [0.15, 0.2) is 65.8 Å². The van der Waals surface area contributed by atoms with Crippen LogP contribution in [-0.4, -0.2) is 52.6 Å². The maximum absolute atomic E-state index is 12.4. The number of hydrogen-bond donors (Lipinski definition) is 2. The number of amides is 1. The zero-order valence-corrected chi connectivity index (χ0v) is 21.8. The van der Waals surface area contributed by atoms with E-state index in [0.717, 1.165) is 10.6 Å². The highest BCUT2D eigenvalue weighted by Gasteiger charge is 2.19. The standard InChI is InChI=1S/C22H24ClN5O6S2/c1-34-20-11-8-17(15-19(20)23)28(35(2,30)31)14-3-5-21(29)26-16-6-9-18(10-7-16)36(32,33)27-22-24-12-4-13-25-22/h4,6-13,15H,3,5,14H2,1-2H3,(H,26,29)(H,24,25,27). The van der Waals surface area contributed by atoms with Gasteiger partial charge in [0.05, 0.1) is 29.0 Å². The number of aromatic nitrogens is 2. The van der Waals surface area contributed by atoms with E-state index in [1.807, 2.05) is 0 Å². The molecule has 0 saturated carbocycles. The molecule has 1 heterocycles. The van der Waals surface area contributed by atoms with Crippen LogP contribution in [0.3, 0.4) is 0 Å². The molecule has 0 saturated heterocycles. The minimum absolute atomic E-state index is 0.0306. The maximum atomic E-state index is 12.4. The number of carbonyl (C=O) groups is 1. The number of anilines is 3. The zero-order valence-electron chi connectivity index (χ0n) is 19.4. The molecule has 11 nitrogen and oxygen atoms in total. The Balaban J connectivity index is 1.58. The van der Waals surface area contributed by atoms with Gasteiger partial charge in [-0.15, -0.1) is 0 Å². The number of nitrogens with zero attached hydrogens (tertiary/aromatic N) is 3. The fourth-order valence-electron chi connectivity index (χ4n) is 3.15. The Hall–Kier alpha value is -3.42. The van der Waals surface area contributed by atoms with Gasteiger partial charge < -0.3 is 10.1 Å². The van der Waals surface area contributed by atoms with E-state index in [4.69, 9.17) is 16.3 Å². The Bertz CT molecular complexity index is 1420. The quantitative estimate of drug-likeness (QED) is 0.368. The van der Waals surface area contributed by atoms with Gasteiger partial charge >= 0.3 is 0 Å². The van der Waals surface area contributed by atoms with Crippen LogP contribution in [-0.2, 0) is 24.8 Å². The van der Waals surface area contributed by atoms with Gasteiger partial charge in [0.25, 0.3) is 10.0 Å². The van der Waals surface area contributed by atoms with Crippen molar-refractivity contribution in [1.82, 2.24) is 9.97 Å². The lowest BCUT2D eigenvalue weighted by Gasteiger charge is -2.23. The highest BCUT2D eigenvalue weighted by atomic mass is 35.5. The van der Waals surface area contributed by atoms with Gasteiger partial charge in [0.1, 0.15) is 5.75 Å². The van der Waals surface area contributed by atoms with E-state index in [-0.39, 0.29) is 41.2 Å². The van der Waals surface area contributed by atoms with Gasteiger partial charge in [-0.1, -0.05) is 11.6 Å². The number of benzene rings is 2. The number of methoxy groups -OCH3 is 1. The third-order valence-electron chi connectivity index (χ3n) is 4.83. The van der Waals surface area contributed by atoms with E-state index >= 15 is 0 Å². The summed E-state index contributed by atoms with van der Waals surface area (Å²) in [5, 5.41) is 2.92. The molecule has 2 aromatic carbocycles. The van der Waals surface area contributed by atoms with Gasteiger partial charge in [0.15, 0.2) is 0 Å². The van der Waals surface area contributed by atoms with Crippen LogP contribution in [0.2, 0.25) is 5.02 Å². The number of rotatable bonds is 11. The van der Waals surface area contributed by atoms with Gasteiger partial charge in [0, 0.05) is 31.0 Å². The van der Waals surface area contributed by atoms with Gasteiger partial charge in [-0.05, 0) is 55.0 Å². The molecule has 0 aliphatic carbocycles. The molecular weight excluding hydrogens is 530 g/mol. The average Bonchev–Trinajstić information content (AvgIpc) is 2.82. The molecule has 0 atom stereocenters. The molecular formula is C22H24ClN5O6S2. The highest BCUT2D eigenvalue weighted by molar-refractivity contribution is 7.92. The zero-order chi connectivity index (χ0) is 26.3. The van der Waals surface area contributed by atoms with Crippen molar-refractivity contribution in [2.24, 2.45) is 0 Å². The van der Waals surface area contributed by atoms with Crippen LogP contribution in [0.4, 0.5) is 17.3 Å². The van der Waals surface area contributed by atoms with E-state index in [1.54, 1.807) is 18.2 Å². The topological polar surface area (TPSA) is 148 Å². The SMILES string of the molecule is COc1ccc(N(CCCC(=O)Nc2ccc(S(=O)(=O)Nc3ncccn3)cc2)S(C)(=O)=O)cc1Cl. The monoisotopic (exact) mass is 553 g/mol. The number of halogens is 1.